The fourth-order valence-corrected chi connectivity index (χ4v) is 2.22. The van der Waals surface area contributed by atoms with Crippen LogP contribution in [0.2, 0.25) is 0 Å². The fraction of sp³-hybridized carbons (Fsp3) is 0.500. The van der Waals surface area contributed by atoms with E-state index in [0.717, 1.165) is 4.90 Å². The number of pyridine rings is 1. The quantitative estimate of drug-likeness (QED) is 0.883. The minimum atomic E-state index is -4.88. The minimum absolute atomic E-state index is 0.0357. The molecule has 2 rings (SSSR count). The zero-order valence-corrected chi connectivity index (χ0v) is 10.8. The van der Waals surface area contributed by atoms with Crippen LogP contribution in [0.1, 0.15) is 12.0 Å². The second-order valence-electron chi connectivity index (χ2n) is 4.74. The Balaban J connectivity index is 2.19. The standard InChI is InChI=1S/C12H14F3N3O2/c1-20-9-4-8(5-17-6-9)11(16)2-3-18(7-11)10(19)12(13,14)15/h4-6H,2-3,7,16H2,1H3. The second-order valence-corrected chi connectivity index (χ2v) is 4.74. The van der Waals surface area contributed by atoms with Crippen molar-refractivity contribution in [2.75, 3.05) is 20.2 Å². The molecule has 1 atom stereocenters. The highest BCUT2D eigenvalue weighted by molar-refractivity contribution is 5.82. The Morgan fingerprint density at radius 1 is 1.50 bits per heavy atom. The molecule has 2 heterocycles. The van der Waals surface area contributed by atoms with E-state index >= 15 is 0 Å². The van der Waals surface area contributed by atoms with Gasteiger partial charge in [0.2, 0.25) is 0 Å². The number of carbonyl (C=O) groups excluding carboxylic acids is 1. The van der Waals surface area contributed by atoms with Crippen molar-refractivity contribution in [2.24, 2.45) is 5.73 Å². The number of amides is 1. The third-order valence-corrected chi connectivity index (χ3v) is 3.35. The van der Waals surface area contributed by atoms with Crippen LogP contribution in [-0.2, 0) is 10.3 Å². The van der Waals surface area contributed by atoms with Crippen LogP contribution < -0.4 is 10.5 Å². The molecule has 0 bridgehead atoms. The Hall–Kier alpha value is -1.83. The van der Waals surface area contributed by atoms with Gasteiger partial charge in [-0.3, -0.25) is 9.78 Å². The zero-order valence-electron chi connectivity index (χ0n) is 10.8. The lowest BCUT2D eigenvalue weighted by molar-refractivity contribution is -0.184. The number of aromatic nitrogens is 1. The maximum Gasteiger partial charge on any atom is 0.471 e. The SMILES string of the molecule is COc1cncc(C2(N)CCN(C(=O)C(F)(F)F)C2)c1. The summed E-state index contributed by atoms with van der Waals surface area (Å²) in [5.41, 5.74) is 5.63. The second kappa shape index (κ2) is 4.93. The van der Waals surface area contributed by atoms with Gasteiger partial charge in [0, 0.05) is 19.3 Å². The molecule has 110 valence electrons. The lowest BCUT2D eigenvalue weighted by Gasteiger charge is -2.25. The van der Waals surface area contributed by atoms with Crippen LogP contribution in [0.3, 0.4) is 0 Å². The van der Waals surface area contributed by atoms with Gasteiger partial charge in [-0.15, -0.1) is 0 Å². The Labute approximate surface area is 113 Å². The summed E-state index contributed by atoms with van der Waals surface area (Å²) < 4.78 is 42.2. The van der Waals surface area contributed by atoms with Crippen molar-refractivity contribution in [3.05, 3.63) is 24.0 Å². The average molecular weight is 289 g/mol. The molecule has 0 spiro atoms. The Bertz CT molecular complexity index is 521. The summed E-state index contributed by atoms with van der Waals surface area (Å²) in [6.45, 7) is -0.230. The maximum absolute atomic E-state index is 12.4. The van der Waals surface area contributed by atoms with Crippen LogP contribution in [0.4, 0.5) is 13.2 Å². The maximum atomic E-state index is 12.4. The molecule has 0 aliphatic carbocycles. The summed E-state index contributed by atoms with van der Waals surface area (Å²) >= 11 is 0. The number of halogens is 3. The van der Waals surface area contributed by atoms with Gasteiger partial charge in [-0.05, 0) is 18.1 Å². The van der Waals surface area contributed by atoms with Crippen molar-refractivity contribution >= 4 is 5.91 Å². The normalized spacial score (nSPS) is 22.9. The number of ether oxygens (including phenoxy) is 1. The average Bonchev–Trinajstić information content (AvgIpc) is 2.81. The molecule has 1 amide bonds. The fourth-order valence-electron chi connectivity index (χ4n) is 2.22. The lowest BCUT2D eigenvalue weighted by Crippen LogP contribution is -2.44. The number of rotatable bonds is 2. The molecule has 1 fully saturated rings. The van der Waals surface area contributed by atoms with Crippen molar-refractivity contribution in [3.8, 4) is 5.75 Å². The molecule has 1 unspecified atom stereocenters. The number of hydrogen-bond acceptors (Lipinski definition) is 4. The van der Waals surface area contributed by atoms with Crippen LogP contribution in [0, 0.1) is 0 Å². The van der Waals surface area contributed by atoms with E-state index in [9.17, 15) is 18.0 Å². The molecule has 8 heteroatoms. The van der Waals surface area contributed by atoms with Crippen LogP contribution in [0.5, 0.6) is 5.75 Å². The molecule has 1 saturated heterocycles. The van der Waals surface area contributed by atoms with Crippen molar-refractivity contribution in [2.45, 2.75) is 18.1 Å². The molecule has 1 aliphatic heterocycles. The summed E-state index contributed by atoms with van der Waals surface area (Å²) in [7, 11) is 1.46. The summed E-state index contributed by atoms with van der Waals surface area (Å²) in [5, 5.41) is 0. The van der Waals surface area contributed by atoms with Crippen molar-refractivity contribution in [1.82, 2.24) is 9.88 Å². The van der Waals surface area contributed by atoms with E-state index in [2.05, 4.69) is 4.98 Å². The molecular formula is C12H14F3N3O2. The molecule has 2 N–H and O–H groups in total. The topological polar surface area (TPSA) is 68.5 Å². The Morgan fingerprint density at radius 3 is 2.80 bits per heavy atom. The molecule has 5 nitrogen and oxygen atoms in total. The predicted octanol–water partition coefficient (Wildman–Crippen LogP) is 1.04. The first kappa shape index (κ1) is 14.6. The minimum Gasteiger partial charge on any atom is -0.495 e. The smallest absolute Gasteiger partial charge is 0.471 e. The van der Waals surface area contributed by atoms with E-state index in [-0.39, 0.29) is 19.5 Å². The highest BCUT2D eigenvalue weighted by atomic mass is 19.4. The number of methoxy groups -OCH3 is 1. The molecule has 20 heavy (non-hydrogen) atoms. The van der Waals surface area contributed by atoms with E-state index in [1.807, 2.05) is 0 Å². The number of alkyl halides is 3. The Morgan fingerprint density at radius 2 is 2.20 bits per heavy atom. The number of nitrogens with two attached hydrogens (primary N) is 1. The van der Waals surface area contributed by atoms with Gasteiger partial charge in [-0.1, -0.05) is 0 Å². The predicted molar refractivity (Wildman–Crippen MR) is 63.9 cm³/mol. The summed E-state index contributed by atoms with van der Waals surface area (Å²) in [5.74, 6) is -1.39. The van der Waals surface area contributed by atoms with Crippen LogP contribution in [0.25, 0.3) is 0 Å². The molecule has 0 aromatic carbocycles. The molecule has 1 aromatic rings. The molecular weight excluding hydrogens is 275 g/mol. The monoisotopic (exact) mass is 289 g/mol. The zero-order chi connectivity index (χ0) is 15.0. The van der Waals surface area contributed by atoms with E-state index in [1.165, 1.54) is 19.5 Å². The van der Waals surface area contributed by atoms with Gasteiger partial charge in [0.05, 0.1) is 18.8 Å². The molecule has 0 radical (unpaired) electrons. The summed E-state index contributed by atoms with van der Waals surface area (Å²) in [4.78, 5) is 15.9. The van der Waals surface area contributed by atoms with Gasteiger partial charge < -0.3 is 15.4 Å². The molecule has 1 aromatic heterocycles. The van der Waals surface area contributed by atoms with Gasteiger partial charge in [-0.2, -0.15) is 13.2 Å². The van der Waals surface area contributed by atoms with Crippen molar-refractivity contribution in [1.29, 1.82) is 0 Å². The van der Waals surface area contributed by atoms with Gasteiger partial charge >= 0.3 is 12.1 Å². The molecule has 0 saturated carbocycles. The highest BCUT2D eigenvalue weighted by Crippen LogP contribution is 2.32. The number of carbonyl (C=O) groups is 1. The summed E-state index contributed by atoms with van der Waals surface area (Å²) in [6, 6.07) is 1.62. The first-order chi connectivity index (χ1) is 9.26. The first-order valence-electron chi connectivity index (χ1n) is 5.91. The largest absolute Gasteiger partial charge is 0.495 e. The van der Waals surface area contributed by atoms with Crippen molar-refractivity contribution < 1.29 is 22.7 Å². The van der Waals surface area contributed by atoms with Gasteiger partial charge in [0.15, 0.2) is 0 Å². The summed E-state index contributed by atoms with van der Waals surface area (Å²) in [6.07, 6.45) is -1.69. The highest BCUT2D eigenvalue weighted by Gasteiger charge is 2.48. The Kier molecular flexibility index (Phi) is 3.59. The lowest BCUT2D eigenvalue weighted by atomic mass is 9.91. The van der Waals surface area contributed by atoms with Crippen LogP contribution in [0.15, 0.2) is 18.5 Å². The van der Waals surface area contributed by atoms with Crippen LogP contribution in [-0.4, -0.2) is 42.2 Å². The molecule has 1 aliphatic rings. The van der Waals surface area contributed by atoms with Gasteiger partial charge in [0.1, 0.15) is 5.75 Å². The first-order valence-corrected chi connectivity index (χ1v) is 5.91. The van der Waals surface area contributed by atoms with E-state index in [4.69, 9.17) is 10.5 Å². The van der Waals surface area contributed by atoms with Gasteiger partial charge in [-0.25, -0.2) is 0 Å². The van der Waals surface area contributed by atoms with E-state index < -0.39 is 17.6 Å². The van der Waals surface area contributed by atoms with Crippen LogP contribution >= 0.6 is 0 Å². The van der Waals surface area contributed by atoms with Crippen molar-refractivity contribution in [3.63, 3.8) is 0 Å². The van der Waals surface area contributed by atoms with E-state index in [0.29, 0.717) is 11.3 Å². The number of hydrogen-bond donors (Lipinski definition) is 1. The van der Waals surface area contributed by atoms with E-state index in [1.54, 1.807) is 6.07 Å². The third-order valence-electron chi connectivity index (χ3n) is 3.35. The third kappa shape index (κ3) is 2.69. The van der Waals surface area contributed by atoms with Gasteiger partial charge in [0.25, 0.3) is 0 Å². The number of likely N-dealkylation sites (tertiary alicyclic amines) is 1. The number of nitrogens with zero attached hydrogens (tertiary/aromatic N) is 2.